The monoisotopic (exact) mass is 590 g/mol. The number of nitrogens with zero attached hydrogens (tertiary/aromatic N) is 2. The zero-order valence-corrected chi connectivity index (χ0v) is 25.3. The van der Waals surface area contributed by atoms with Gasteiger partial charge in [-0.3, -0.25) is 4.90 Å². The average molecular weight is 591 g/mol. The van der Waals surface area contributed by atoms with Gasteiger partial charge in [0, 0.05) is 11.6 Å². The van der Waals surface area contributed by atoms with Crippen molar-refractivity contribution in [2.45, 2.75) is 58.4 Å². The van der Waals surface area contributed by atoms with E-state index >= 15 is 0 Å². The summed E-state index contributed by atoms with van der Waals surface area (Å²) in [6, 6.07) is 19.1. The molecule has 5 nitrogen and oxygen atoms in total. The van der Waals surface area contributed by atoms with Gasteiger partial charge in [0.25, 0.3) is 0 Å². The number of unbranched alkanes of at least 4 members (excludes halogenated alkanes) is 1. The first kappa shape index (κ1) is 30.1. The number of carbonyl (C=O) groups excluding carboxylic acids is 1. The van der Waals surface area contributed by atoms with Crippen LogP contribution in [-0.2, 0) is 0 Å². The SMILES string of the molecule is CC1=C(c2cc(Cl)ccc2C)CCN(C(=O)Oc2ccc(F)cc2)C1c1ccc(OCCCCN2CCCCC2)cc1. The second kappa shape index (κ2) is 14.2. The molecule has 1 saturated heterocycles. The first-order valence-corrected chi connectivity index (χ1v) is 15.4. The number of aryl methyl sites for hydroxylation is 1. The van der Waals surface area contributed by atoms with Crippen molar-refractivity contribution in [3.63, 3.8) is 0 Å². The van der Waals surface area contributed by atoms with E-state index in [2.05, 4.69) is 18.7 Å². The lowest BCUT2D eigenvalue weighted by Gasteiger charge is -2.38. The summed E-state index contributed by atoms with van der Waals surface area (Å²) in [5, 5.41) is 0.683. The van der Waals surface area contributed by atoms with Gasteiger partial charge in [0.1, 0.15) is 17.3 Å². The maximum absolute atomic E-state index is 13.5. The van der Waals surface area contributed by atoms with Crippen LogP contribution in [0.1, 0.15) is 68.2 Å². The van der Waals surface area contributed by atoms with Crippen LogP contribution in [0.15, 0.2) is 72.3 Å². The molecule has 0 spiro atoms. The zero-order chi connectivity index (χ0) is 29.5. The topological polar surface area (TPSA) is 42.0 Å². The third-order valence-electron chi connectivity index (χ3n) is 8.36. The van der Waals surface area contributed by atoms with E-state index in [9.17, 15) is 9.18 Å². The Kier molecular flexibility index (Phi) is 10.2. The second-order valence-electron chi connectivity index (χ2n) is 11.3. The van der Waals surface area contributed by atoms with Crippen molar-refractivity contribution in [2.24, 2.45) is 0 Å². The number of piperidine rings is 1. The molecule has 2 aliphatic rings. The predicted molar refractivity (Wildman–Crippen MR) is 167 cm³/mol. The van der Waals surface area contributed by atoms with Crippen molar-refractivity contribution in [3.05, 3.63) is 99.8 Å². The molecule has 0 saturated carbocycles. The summed E-state index contributed by atoms with van der Waals surface area (Å²) in [7, 11) is 0. The second-order valence-corrected chi connectivity index (χ2v) is 11.8. The van der Waals surface area contributed by atoms with Crippen LogP contribution in [0, 0.1) is 12.7 Å². The van der Waals surface area contributed by atoms with Crippen LogP contribution in [0.25, 0.3) is 5.57 Å². The Morgan fingerprint density at radius 1 is 0.905 bits per heavy atom. The molecule has 1 amide bonds. The maximum atomic E-state index is 13.5. The van der Waals surface area contributed by atoms with Crippen LogP contribution in [0.2, 0.25) is 5.02 Å². The Morgan fingerprint density at radius 3 is 2.36 bits per heavy atom. The fourth-order valence-corrected chi connectivity index (χ4v) is 6.24. The standard InChI is InChI=1S/C35H40ClFN2O3/c1-25-8-11-28(36)24-33(25)32-18-22-39(35(40)42-31-16-12-29(37)13-17-31)34(26(32)2)27-9-14-30(15-10-27)41-23-7-6-21-38-19-4-3-5-20-38/h8-17,24,34H,3-7,18-23H2,1-2H3. The van der Waals surface area contributed by atoms with Gasteiger partial charge in [-0.15, -0.1) is 0 Å². The van der Waals surface area contributed by atoms with E-state index in [1.165, 1.54) is 62.2 Å². The first-order valence-electron chi connectivity index (χ1n) is 15.0. The molecule has 0 N–H and O–H groups in total. The summed E-state index contributed by atoms with van der Waals surface area (Å²) >= 11 is 6.39. The van der Waals surface area contributed by atoms with Crippen LogP contribution < -0.4 is 9.47 Å². The highest BCUT2D eigenvalue weighted by Crippen LogP contribution is 2.41. The highest BCUT2D eigenvalue weighted by molar-refractivity contribution is 6.30. The van der Waals surface area contributed by atoms with Crippen molar-refractivity contribution in [1.29, 1.82) is 0 Å². The molecule has 0 radical (unpaired) electrons. The third kappa shape index (κ3) is 7.53. The average Bonchev–Trinajstić information content (AvgIpc) is 3.00. The molecule has 1 atom stereocenters. The summed E-state index contributed by atoms with van der Waals surface area (Å²) in [5.41, 5.74) is 5.45. The Hall–Kier alpha value is -3.35. The lowest BCUT2D eigenvalue weighted by atomic mass is 9.84. The molecular weight excluding hydrogens is 551 g/mol. The number of hydrogen-bond donors (Lipinski definition) is 0. The van der Waals surface area contributed by atoms with Gasteiger partial charge in [-0.2, -0.15) is 0 Å². The highest BCUT2D eigenvalue weighted by Gasteiger charge is 2.34. The zero-order valence-electron chi connectivity index (χ0n) is 24.6. The molecule has 222 valence electrons. The number of carbonyl (C=O) groups is 1. The molecule has 3 aromatic rings. The molecule has 0 aromatic heterocycles. The minimum absolute atomic E-state index is 0.308. The van der Waals surface area contributed by atoms with Gasteiger partial charge in [-0.25, -0.2) is 9.18 Å². The number of hydrogen-bond acceptors (Lipinski definition) is 4. The predicted octanol–water partition coefficient (Wildman–Crippen LogP) is 8.85. The van der Waals surface area contributed by atoms with Crippen LogP contribution in [0.4, 0.5) is 9.18 Å². The number of likely N-dealkylation sites (tertiary alicyclic amines) is 1. The van der Waals surface area contributed by atoms with Crippen molar-refractivity contribution in [2.75, 3.05) is 32.8 Å². The van der Waals surface area contributed by atoms with Crippen molar-refractivity contribution in [3.8, 4) is 11.5 Å². The largest absolute Gasteiger partial charge is 0.494 e. The van der Waals surface area contributed by atoms with Gasteiger partial charge in [0.2, 0.25) is 0 Å². The molecule has 5 rings (SSSR count). The highest BCUT2D eigenvalue weighted by atomic mass is 35.5. The summed E-state index contributed by atoms with van der Waals surface area (Å²) in [6.07, 6.45) is 6.36. The van der Waals surface area contributed by atoms with E-state index in [-0.39, 0.29) is 11.9 Å². The van der Waals surface area contributed by atoms with E-state index in [1.54, 1.807) is 4.90 Å². The quantitative estimate of drug-likeness (QED) is 0.233. The lowest BCUT2D eigenvalue weighted by molar-refractivity contribution is 0.137. The molecule has 0 aliphatic carbocycles. The Balaban J connectivity index is 1.32. The Labute approximate surface area is 253 Å². The van der Waals surface area contributed by atoms with E-state index in [0.717, 1.165) is 47.4 Å². The number of amides is 1. The molecule has 7 heteroatoms. The Morgan fingerprint density at radius 2 is 1.62 bits per heavy atom. The van der Waals surface area contributed by atoms with Crippen LogP contribution >= 0.6 is 11.6 Å². The summed E-state index contributed by atoms with van der Waals surface area (Å²) in [6.45, 7) is 8.91. The fourth-order valence-electron chi connectivity index (χ4n) is 6.07. The smallest absolute Gasteiger partial charge is 0.416 e. The maximum Gasteiger partial charge on any atom is 0.416 e. The number of ether oxygens (including phenoxy) is 2. The Bertz CT molecular complexity index is 1380. The lowest BCUT2D eigenvalue weighted by Crippen LogP contribution is -2.41. The van der Waals surface area contributed by atoms with E-state index in [0.29, 0.717) is 30.3 Å². The minimum Gasteiger partial charge on any atom is -0.494 e. The van der Waals surface area contributed by atoms with Gasteiger partial charge in [0.15, 0.2) is 0 Å². The van der Waals surface area contributed by atoms with E-state index < -0.39 is 6.09 Å². The summed E-state index contributed by atoms with van der Waals surface area (Å²) in [4.78, 5) is 17.8. The molecule has 2 aliphatic heterocycles. The molecule has 3 aromatic carbocycles. The van der Waals surface area contributed by atoms with E-state index in [4.69, 9.17) is 21.1 Å². The fraction of sp³-hybridized carbons (Fsp3) is 0.400. The number of benzene rings is 3. The molecule has 1 unspecified atom stereocenters. The van der Waals surface area contributed by atoms with Gasteiger partial charge >= 0.3 is 6.09 Å². The molecule has 42 heavy (non-hydrogen) atoms. The summed E-state index contributed by atoms with van der Waals surface area (Å²) in [5.74, 6) is 0.748. The van der Waals surface area contributed by atoms with Gasteiger partial charge < -0.3 is 14.4 Å². The van der Waals surface area contributed by atoms with E-state index in [1.807, 2.05) is 42.5 Å². The summed E-state index contributed by atoms with van der Waals surface area (Å²) < 4.78 is 25.2. The number of halogens is 2. The van der Waals surface area contributed by atoms with Gasteiger partial charge in [0.05, 0.1) is 12.6 Å². The molecule has 1 fully saturated rings. The third-order valence-corrected chi connectivity index (χ3v) is 8.60. The molecular formula is C35H40ClFN2O3. The first-order chi connectivity index (χ1) is 20.4. The van der Waals surface area contributed by atoms with Crippen molar-refractivity contribution in [1.82, 2.24) is 9.80 Å². The van der Waals surface area contributed by atoms with Crippen LogP contribution in [0.3, 0.4) is 0 Å². The van der Waals surface area contributed by atoms with Crippen LogP contribution in [-0.4, -0.2) is 48.7 Å². The normalized spacial score (nSPS) is 17.8. The van der Waals surface area contributed by atoms with Gasteiger partial charge in [-0.1, -0.05) is 36.2 Å². The van der Waals surface area contributed by atoms with Gasteiger partial charge in [-0.05, 0) is 142 Å². The van der Waals surface area contributed by atoms with Crippen molar-refractivity contribution >= 4 is 23.3 Å². The molecule has 0 bridgehead atoms. The van der Waals surface area contributed by atoms with Crippen molar-refractivity contribution < 1.29 is 18.7 Å². The molecule has 2 heterocycles. The number of rotatable bonds is 9. The van der Waals surface area contributed by atoms with Crippen LogP contribution in [0.5, 0.6) is 11.5 Å². The minimum atomic E-state index is -0.471.